The van der Waals surface area contributed by atoms with Crippen molar-refractivity contribution in [2.75, 3.05) is 5.73 Å². The number of hydrogen-bond acceptors (Lipinski definition) is 20. The van der Waals surface area contributed by atoms with Gasteiger partial charge in [-0.25, -0.2) is 16.8 Å². The molecule has 6 rings (SSSR count). The van der Waals surface area contributed by atoms with E-state index < -0.39 is 63.6 Å². The van der Waals surface area contributed by atoms with Crippen LogP contribution in [0.2, 0.25) is 0 Å². The van der Waals surface area contributed by atoms with Crippen molar-refractivity contribution < 1.29 is 111 Å². The number of benzene rings is 6. The Kier molecular flexibility index (Phi) is 14.4. The number of nitrogens with zero attached hydrogens (tertiary/aromatic N) is 8. The molecule has 0 aliphatic carbocycles. The predicted octanol–water partition coefficient (Wildman–Crippen LogP) is 2.43. The van der Waals surface area contributed by atoms with Crippen LogP contribution in [-0.2, 0) is 20.2 Å². The zero-order chi connectivity index (χ0) is 40.4. The maximum absolute atomic E-state index is 12.3. The average Bonchev–Trinajstić information content (AvgIpc) is 3.13. The fraction of sp³-hybridized carbons (Fsp3) is 0. The van der Waals surface area contributed by atoms with Crippen LogP contribution in [0.4, 0.5) is 51.2 Å². The van der Waals surface area contributed by atoms with Crippen molar-refractivity contribution in [3.63, 3.8) is 0 Å². The first-order valence-electron chi connectivity index (χ1n) is 15.4. The number of fused-ring (bicyclic) bond motifs is 1. The van der Waals surface area contributed by atoms with Crippen LogP contribution in [0.3, 0.4) is 0 Å². The van der Waals surface area contributed by atoms with Gasteiger partial charge in [0.05, 0.1) is 43.6 Å². The van der Waals surface area contributed by atoms with Crippen LogP contribution in [0.5, 0.6) is 28.7 Å². The van der Waals surface area contributed by atoms with Crippen molar-refractivity contribution in [1.29, 1.82) is 0 Å². The summed E-state index contributed by atoms with van der Waals surface area (Å²) in [6, 6.07) is 20.0. The monoisotopic (exact) mass is 843 g/mol. The van der Waals surface area contributed by atoms with Crippen LogP contribution >= 0.6 is 0 Å². The number of aromatic hydroxyl groups is 5. The minimum atomic E-state index is -5.42. The Bertz CT molecular complexity index is 2690. The Balaban J connectivity index is 0.00000372. The Morgan fingerprint density at radius 3 is 1.17 bits per heavy atom. The number of rotatable bonds is 10. The first-order chi connectivity index (χ1) is 26.5. The first-order valence-corrected chi connectivity index (χ1v) is 18.2. The predicted molar refractivity (Wildman–Crippen MR) is 195 cm³/mol. The summed E-state index contributed by atoms with van der Waals surface area (Å²) in [6.07, 6.45) is 0. The molecular formula is C34H23N9Na2O11S2. The van der Waals surface area contributed by atoms with E-state index in [-0.39, 0.29) is 116 Å². The van der Waals surface area contributed by atoms with Gasteiger partial charge in [-0.05, 0) is 90.3 Å². The number of hydrogen-bond donors (Lipinski definition) is 6. The third kappa shape index (κ3) is 10.6. The molecule has 0 spiro atoms. The van der Waals surface area contributed by atoms with Gasteiger partial charge in [-0.1, -0.05) is 0 Å². The molecular weight excluding hydrogens is 821 g/mol. The topological polar surface area (TPSA) is 340 Å². The Labute approximate surface area is 372 Å². The maximum Gasteiger partial charge on any atom is 1.00 e. The van der Waals surface area contributed by atoms with Crippen LogP contribution in [-0.4, -0.2) is 51.5 Å². The molecule has 0 aromatic heterocycles. The Hall–Kier alpha value is -5.40. The van der Waals surface area contributed by atoms with Gasteiger partial charge >= 0.3 is 59.1 Å². The van der Waals surface area contributed by atoms with Crippen LogP contribution in [0.1, 0.15) is 0 Å². The van der Waals surface area contributed by atoms with Gasteiger partial charge in [-0.2, -0.15) is 20.5 Å². The Morgan fingerprint density at radius 2 is 0.810 bits per heavy atom. The zero-order valence-electron chi connectivity index (χ0n) is 29.9. The van der Waals surface area contributed by atoms with E-state index in [4.69, 9.17) is 5.73 Å². The summed E-state index contributed by atoms with van der Waals surface area (Å²) in [7, 11) is -10.8. The third-order valence-electron chi connectivity index (χ3n) is 7.55. The third-order valence-corrected chi connectivity index (χ3v) is 9.25. The van der Waals surface area contributed by atoms with E-state index >= 15 is 0 Å². The molecule has 0 atom stereocenters. The van der Waals surface area contributed by atoms with Gasteiger partial charge < -0.3 is 40.4 Å². The molecule has 6 aromatic rings. The van der Waals surface area contributed by atoms with Gasteiger partial charge in [0.15, 0.2) is 5.75 Å². The minimum absolute atomic E-state index is 0. The minimum Gasteiger partial charge on any atom is -0.744 e. The Morgan fingerprint density at radius 1 is 0.466 bits per heavy atom. The van der Waals surface area contributed by atoms with E-state index in [1.807, 2.05) is 0 Å². The molecule has 0 aliphatic rings. The molecule has 0 aliphatic heterocycles. The standard InChI is InChI=1S/C34H25N9O11S2.2Na/c35-31-30-17(13-28(55(49,50)51)32(31)42-38-20-5-1-18(2-6-20)36-40-24-11-9-22(44)15-26(24)46)14-29(56(52,53)54)33(34(30)48)43-39-21-7-3-19(4-8-21)37-41-25-12-10-23(45)16-27(25)47;;/h1-16,44-48H,35H2,(H,49,50,51)(H,52,53,54);;/q;2*+1/p-2. The first kappa shape index (κ1) is 45.3. The SMILES string of the molecule is Nc1c(N=Nc2ccc(N=Nc3ccc(O)cc3O)cc2)c(S(=O)(=O)[O-])cc2cc(S(=O)(=O)[O-])c(N=Nc3ccc(N=Nc4ccc(O)cc4O)cc3)c(O)c12.[Na+].[Na+]. The van der Waals surface area contributed by atoms with E-state index in [9.17, 15) is 51.5 Å². The van der Waals surface area contributed by atoms with E-state index in [0.29, 0.717) is 12.1 Å². The van der Waals surface area contributed by atoms with E-state index in [1.54, 1.807) is 0 Å². The molecule has 284 valence electrons. The van der Waals surface area contributed by atoms with Crippen LogP contribution in [0, 0.1) is 0 Å². The average molecular weight is 844 g/mol. The van der Waals surface area contributed by atoms with Gasteiger partial charge in [0.1, 0.15) is 66.0 Å². The molecule has 0 heterocycles. The second-order valence-electron chi connectivity index (χ2n) is 11.4. The summed E-state index contributed by atoms with van der Waals surface area (Å²) >= 11 is 0. The van der Waals surface area contributed by atoms with Gasteiger partial charge in [-0.15, -0.1) is 20.5 Å². The molecule has 0 fully saturated rings. The molecule has 58 heavy (non-hydrogen) atoms. The molecule has 20 nitrogen and oxygen atoms in total. The van der Waals surface area contributed by atoms with Crippen molar-refractivity contribution >= 4 is 82.2 Å². The molecule has 0 amide bonds. The summed E-state index contributed by atoms with van der Waals surface area (Å²) in [6.45, 7) is 0. The van der Waals surface area contributed by atoms with Crippen LogP contribution < -0.4 is 64.8 Å². The molecule has 0 saturated heterocycles. The van der Waals surface area contributed by atoms with Crippen molar-refractivity contribution in [2.24, 2.45) is 40.9 Å². The second-order valence-corrected chi connectivity index (χ2v) is 14.1. The summed E-state index contributed by atoms with van der Waals surface area (Å²) in [5, 5.41) is 80.1. The fourth-order valence-electron chi connectivity index (χ4n) is 4.90. The number of phenolic OH excluding ortho intramolecular Hbond substituents is 5. The molecule has 0 radical (unpaired) electrons. The number of anilines is 1. The summed E-state index contributed by atoms with van der Waals surface area (Å²) < 4.78 is 73.8. The van der Waals surface area contributed by atoms with E-state index in [2.05, 4.69) is 40.9 Å². The molecule has 7 N–H and O–H groups in total. The van der Waals surface area contributed by atoms with Crippen molar-refractivity contribution in [2.45, 2.75) is 9.79 Å². The van der Waals surface area contributed by atoms with Crippen molar-refractivity contribution in [3.8, 4) is 28.7 Å². The quantitative estimate of drug-likeness (QED) is 0.0501. The molecule has 0 bridgehead atoms. The molecule has 0 saturated carbocycles. The number of azo groups is 4. The largest absolute Gasteiger partial charge is 1.00 e. The number of phenols is 5. The molecule has 6 aromatic carbocycles. The summed E-state index contributed by atoms with van der Waals surface area (Å²) in [5.74, 6) is -1.99. The molecule has 0 unspecified atom stereocenters. The van der Waals surface area contributed by atoms with Crippen molar-refractivity contribution in [1.82, 2.24) is 0 Å². The van der Waals surface area contributed by atoms with Gasteiger partial charge in [0.2, 0.25) is 0 Å². The van der Waals surface area contributed by atoms with E-state index in [1.165, 1.54) is 72.8 Å². The zero-order valence-corrected chi connectivity index (χ0v) is 35.5. The molecule has 24 heteroatoms. The van der Waals surface area contributed by atoms with Gasteiger partial charge in [0, 0.05) is 12.1 Å². The van der Waals surface area contributed by atoms with Gasteiger partial charge in [0.25, 0.3) is 0 Å². The van der Waals surface area contributed by atoms with Crippen LogP contribution in [0.25, 0.3) is 10.8 Å². The van der Waals surface area contributed by atoms with Gasteiger partial charge in [-0.3, -0.25) is 0 Å². The normalized spacial score (nSPS) is 12.1. The summed E-state index contributed by atoms with van der Waals surface area (Å²) in [4.78, 5) is -2.17. The van der Waals surface area contributed by atoms with Crippen LogP contribution in [0.15, 0.2) is 148 Å². The summed E-state index contributed by atoms with van der Waals surface area (Å²) in [5.41, 5.74) is 4.88. The van der Waals surface area contributed by atoms with Crippen molar-refractivity contribution in [3.05, 3.63) is 97.1 Å². The smallest absolute Gasteiger partial charge is 0.744 e. The number of nitrogens with two attached hydrogens (primary N) is 1. The maximum atomic E-state index is 12.3. The fourth-order valence-corrected chi connectivity index (χ4v) is 6.20. The second kappa shape index (κ2) is 18.5. The number of nitrogen functional groups attached to an aromatic ring is 1. The van der Waals surface area contributed by atoms with E-state index in [0.717, 1.165) is 12.1 Å².